The normalized spacial score (nSPS) is 35.8. The van der Waals surface area contributed by atoms with E-state index in [0.29, 0.717) is 18.1 Å². The summed E-state index contributed by atoms with van der Waals surface area (Å²) in [5.41, 5.74) is 1.27. The second kappa shape index (κ2) is 5.98. The molecule has 17 heavy (non-hydrogen) atoms. The van der Waals surface area contributed by atoms with Crippen LogP contribution in [0.4, 0.5) is 0 Å². The summed E-state index contributed by atoms with van der Waals surface area (Å²) in [4.78, 5) is 2.46. The molecule has 0 radical (unpaired) electrons. The van der Waals surface area contributed by atoms with Crippen molar-refractivity contribution in [1.82, 2.24) is 4.90 Å². The Kier molecular flexibility index (Phi) is 4.60. The van der Waals surface area contributed by atoms with Crippen LogP contribution in [0.5, 0.6) is 0 Å². The first kappa shape index (κ1) is 13.1. The minimum atomic E-state index is 0.328. The maximum atomic E-state index is 6.12. The molecule has 0 saturated carbocycles. The van der Waals surface area contributed by atoms with E-state index in [-0.39, 0.29) is 0 Å². The summed E-state index contributed by atoms with van der Waals surface area (Å²) < 4.78 is 11.5. The van der Waals surface area contributed by atoms with Crippen LogP contribution < -0.4 is 0 Å². The van der Waals surface area contributed by atoms with Crippen molar-refractivity contribution in [2.24, 2.45) is 5.92 Å². The Morgan fingerprint density at radius 1 is 1.29 bits per heavy atom. The van der Waals surface area contributed by atoms with Gasteiger partial charge < -0.3 is 9.47 Å². The van der Waals surface area contributed by atoms with Gasteiger partial charge in [0.05, 0.1) is 25.4 Å². The second-order valence-electron chi connectivity index (χ2n) is 5.43. The molecule has 0 N–H and O–H groups in total. The third kappa shape index (κ3) is 3.54. The number of hydrogen-bond donors (Lipinski definition) is 0. The lowest BCUT2D eigenvalue weighted by Crippen LogP contribution is -2.46. The fraction of sp³-hybridized carbons (Fsp3) is 0.857. The van der Waals surface area contributed by atoms with Crippen LogP contribution in [0.25, 0.3) is 0 Å². The summed E-state index contributed by atoms with van der Waals surface area (Å²) in [6.45, 7) is 13.3. The van der Waals surface area contributed by atoms with Crippen molar-refractivity contribution in [3.63, 3.8) is 0 Å². The predicted octanol–water partition coefficient (Wildman–Crippen LogP) is 2.08. The van der Waals surface area contributed by atoms with Gasteiger partial charge in [0, 0.05) is 25.6 Å². The lowest BCUT2D eigenvalue weighted by molar-refractivity contribution is -0.0869. The van der Waals surface area contributed by atoms with Gasteiger partial charge in [-0.15, -0.1) is 0 Å². The smallest absolute Gasteiger partial charge is 0.0770 e. The average molecular weight is 239 g/mol. The zero-order valence-corrected chi connectivity index (χ0v) is 11.2. The van der Waals surface area contributed by atoms with Crippen molar-refractivity contribution in [3.8, 4) is 0 Å². The van der Waals surface area contributed by atoms with Crippen LogP contribution >= 0.6 is 0 Å². The molecular formula is C14H25NO2. The highest BCUT2D eigenvalue weighted by Gasteiger charge is 2.31. The van der Waals surface area contributed by atoms with Crippen molar-refractivity contribution in [3.05, 3.63) is 12.2 Å². The van der Waals surface area contributed by atoms with Crippen molar-refractivity contribution in [1.29, 1.82) is 0 Å². The van der Waals surface area contributed by atoms with Gasteiger partial charge in [-0.05, 0) is 26.7 Å². The largest absolute Gasteiger partial charge is 0.379 e. The molecule has 2 heterocycles. The molecular weight excluding hydrogens is 214 g/mol. The molecule has 98 valence electrons. The van der Waals surface area contributed by atoms with Crippen molar-refractivity contribution >= 4 is 0 Å². The molecule has 3 atom stereocenters. The summed E-state index contributed by atoms with van der Waals surface area (Å²) >= 11 is 0. The highest BCUT2D eigenvalue weighted by atomic mass is 16.5. The SMILES string of the molecule is C=C(C)[C@@H]1CC[C@H](C)O[C@H]1CN1CCOCC1. The van der Waals surface area contributed by atoms with E-state index in [1.54, 1.807) is 0 Å². The third-order valence-corrected chi connectivity index (χ3v) is 3.91. The Balaban J connectivity index is 1.92. The van der Waals surface area contributed by atoms with Gasteiger partial charge in [0.25, 0.3) is 0 Å². The van der Waals surface area contributed by atoms with Crippen molar-refractivity contribution < 1.29 is 9.47 Å². The van der Waals surface area contributed by atoms with E-state index < -0.39 is 0 Å². The minimum Gasteiger partial charge on any atom is -0.379 e. The van der Waals surface area contributed by atoms with Gasteiger partial charge >= 0.3 is 0 Å². The molecule has 3 nitrogen and oxygen atoms in total. The van der Waals surface area contributed by atoms with Gasteiger partial charge in [-0.2, -0.15) is 0 Å². The molecule has 0 aliphatic carbocycles. The maximum Gasteiger partial charge on any atom is 0.0770 e. The van der Waals surface area contributed by atoms with E-state index in [9.17, 15) is 0 Å². The quantitative estimate of drug-likeness (QED) is 0.704. The fourth-order valence-electron chi connectivity index (χ4n) is 2.83. The second-order valence-corrected chi connectivity index (χ2v) is 5.43. The zero-order chi connectivity index (χ0) is 12.3. The van der Waals surface area contributed by atoms with Crippen molar-refractivity contribution in [2.75, 3.05) is 32.8 Å². The monoisotopic (exact) mass is 239 g/mol. The molecule has 3 heteroatoms. The van der Waals surface area contributed by atoms with Crippen LogP contribution in [0.1, 0.15) is 26.7 Å². The predicted molar refractivity (Wildman–Crippen MR) is 69.1 cm³/mol. The van der Waals surface area contributed by atoms with E-state index in [1.807, 2.05) is 0 Å². The molecule has 0 unspecified atom stereocenters. The van der Waals surface area contributed by atoms with E-state index in [2.05, 4.69) is 25.3 Å². The van der Waals surface area contributed by atoms with Gasteiger partial charge in [0.2, 0.25) is 0 Å². The molecule has 0 aromatic heterocycles. The van der Waals surface area contributed by atoms with Gasteiger partial charge in [-0.25, -0.2) is 0 Å². The van der Waals surface area contributed by atoms with Gasteiger partial charge in [-0.1, -0.05) is 12.2 Å². The zero-order valence-electron chi connectivity index (χ0n) is 11.2. The van der Waals surface area contributed by atoms with Gasteiger partial charge in [0.15, 0.2) is 0 Å². The van der Waals surface area contributed by atoms with Crippen LogP contribution in [0, 0.1) is 5.92 Å². The Bertz CT molecular complexity index is 261. The van der Waals surface area contributed by atoms with E-state index in [0.717, 1.165) is 39.3 Å². The molecule has 0 amide bonds. The molecule has 0 spiro atoms. The first-order valence-corrected chi connectivity index (χ1v) is 6.78. The lowest BCUT2D eigenvalue weighted by atomic mass is 9.86. The summed E-state index contributed by atoms with van der Waals surface area (Å²) in [6.07, 6.45) is 3.12. The highest BCUT2D eigenvalue weighted by Crippen LogP contribution is 2.30. The topological polar surface area (TPSA) is 21.7 Å². The van der Waals surface area contributed by atoms with Crippen LogP contribution in [0.3, 0.4) is 0 Å². The summed E-state index contributed by atoms with van der Waals surface area (Å²) in [6, 6.07) is 0. The van der Waals surface area contributed by atoms with E-state index >= 15 is 0 Å². The summed E-state index contributed by atoms with van der Waals surface area (Å²) in [5.74, 6) is 0.536. The van der Waals surface area contributed by atoms with Gasteiger partial charge in [0.1, 0.15) is 0 Å². The highest BCUT2D eigenvalue weighted by molar-refractivity contribution is 5.02. The van der Waals surface area contributed by atoms with Crippen LogP contribution in [0.15, 0.2) is 12.2 Å². The van der Waals surface area contributed by atoms with Crippen LogP contribution in [-0.4, -0.2) is 50.0 Å². The number of hydrogen-bond acceptors (Lipinski definition) is 3. The average Bonchev–Trinajstić information content (AvgIpc) is 2.30. The number of ether oxygens (including phenoxy) is 2. The van der Waals surface area contributed by atoms with E-state index in [1.165, 1.54) is 12.0 Å². The molecule has 0 bridgehead atoms. The number of rotatable bonds is 3. The number of morpholine rings is 1. The first-order valence-electron chi connectivity index (χ1n) is 6.78. The van der Waals surface area contributed by atoms with Crippen LogP contribution in [0.2, 0.25) is 0 Å². The Morgan fingerprint density at radius 2 is 2.00 bits per heavy atom. The standard InChI is InChI=1S/C14H25NO2/c1-11(2)13-5-4-12(3)17-14(13)10-15-6-8-16-9-7-15/h12-14H,1,4-10H2,2-3H3/t12-,13-,14-/m0/s1. The Morgan fingerprint density at radius 3 is 2.65 bits per heavy atom. The maximum absolute atomic E-state index is 6.12. The number of nitrogens with zero attached hydrogens (tertiary/aromatic N) is 1. The molecule has 0 aromatic rings. The van der Waals surface area contributed by atoms with Gasteiger partial charge in [-0.3, -0.25) is 4.90 Å². The first-order chi connectivity index (χ1) is 8.16. The molecule has 2 aliphatic rings. The molecule has 2 aliphatic heterocycles. The minimum absolute atomic E-state index is 0.328. The molecule has 2 saturated heterocycles. The van der Waals surface area contributed by atoms with Crippen LogP contribution in [-0.2, 0) is 9.47 Å². The molecule has 2 rings (SSSR count). The lowest BCUT2D eigenvalue weighted by Gasteiger charge is -2.39. The van der Waals surface area contributed by atoms with Crippen molar-refractivity contribution in [2.45, 2.75) is 38.9 Å². The summed E-state index contributed by atoms with van der Waals surface area (Å²) in [7, 11) is 0. The Labute approximate surface area is 105 Å². The fourth-order valence-corrected chi connectivity index (χ4v) is 2.83. The molecule has 2 fully saturated rings. The van der Waals surface area contributed by atoms with E-state index in [4.69, 9.17) is 9.47 Å². The third-order valence-electron chi connectivity index (χ3n) is 3.91. The molecule has 0 aromatic carbocycles. The summed E-state index contributed by atoms with van der Waals surface area (Å²) in [5, 5.41) is 0. The Hall–Kier alpha value is -0.380.